The van der Waals surface area contributed by atoms with E-state index in [1.807, 2.05) is 0 Å². The maximum absolute atomic E-state index is 11.0. The number of aliphatic hydroxyl groups is 1. The molecule has 0 amide bonds. The molecule has 4 N–H and O–H groups in total. The van der Waals surface area contributed by atoms with Crippen LogP contribution in [0.5, 0.6) is 0 Å². The van der Waals surface area contributed by atoms with Gasteiger partial charge >= 0.3 is 5.97 Å². The third kappa shape index (κ3) is 1.49. The van der Waals surface area contributed by atoms with Gasteiger partial charge in [0.2, 0.25) is 0 Å². The van der Waals surface area contributed by atoms with Crippen molar-refractivity contribution in [2.75, 3.05) is 12.3 Å². The van der Waals surface area contributed by atoms with Gasteiger partial charge in [-0.15, -0.1) is 0 Å². The Morgan fingerprint density at radius 1 is 1.56 bits per heavy atom. The monoisotopic (exact) mass is 221 g/mol. The fourth-order valence-corrected chi connectivity index (χ4v) is 1.65. The van der Waals surface area contributed by atoms with E-state index in [1.54, 1.807) is 22.7 Å². The average Bonchev–Trinajstić information content (AvgIpc) is 2.60. The molecule has 0 spiro atoms. The maximum atomic E-state index is 11.0. The van der Waals surface area contributed by atoms with E-state index < -0.39 is 5.97 Å². The number of anilines is 1. The van der Waals surface area contributed by atoms with Crippen LogP contribution in [0.15, 0.2) is 18.3 Å². The van der Waals surface area contributed by atoms with Gasteiger partial charge in [0, 0.05) is 12.6 Å². The van der Waals surface area contributed by atoms with E-state index in [0.29, 0.717) is 17.0 Å². The summed E-state index contributed by atoms with van der Waals surface area (Å²) in [6, 6.07) is 3.32. The van der Waals surface area contributed by atoms with Gasteiger partial charge in [-0.1, -0.05) is 0 Å². The number of aromatic nitrogens is 2. The highest BCUT2D eigenvalue weighted by atomic mass is 16.4. The molecule has 2 rings (SSSR count). The average molecular weight is 221 g/mol. The number of imidazole rings is 1. The normalized spacial score (nSPS) is 10.8. The highest BCUT2D eigenvalue weighted by Crippen LogP contribution is 2.20. The summed E-state index contributed by atoms with van der Waals surface area (Å²) in [7, 11) is 0. The van der Waals surface area contributed by atoms with Crippen LogP contribution in [0.4, 0.5) is 5.69 Å². The first-order chi connectivity index (χ1) is 7.65. The Labute approximate surface area is 91.0 Å². The molecule has 0 fully saturated rings. The highest BCUT2D eigenvalue weighted by molar-refractivity contribution is 5.97. The lowest BCUT2D eigenvalue weighted by Crippen LogP contribution is -2.00. The van der Waals surface area contributed by atoms with Gasteiger partial charge in [0.1, 0.15) is 11.3 Å². The fraction of sp³-hybridized carbons (Fsp3) is 0.200. The molecule has 6 heteroatoms. The van der Waals surface area contributed by atoms with Gasteiger partial charge in [-0.05, 0) is 12.1 Å². The number of carbonyl (C=O) groups is 1. The molecule has 0 radical (unpaired) electrons. The first kappa shape index (κ1) is 10.4. The van der Waals surface area contributed by atoms with Crippen LogP contribution >= 0.6 is 0 Å². The largest absolute Gasteiger partial charge is 0.476 e. The van der Waals surface area contributed by atoms with Crippen LogP contribution < -0.4 is 5.73 Å². The first-order valence-corrected chi connectivity index (χ1v) is 4.74. The zero-order chi connectivity index (χ0) is 11.7. The summed E-state index contributed by atoms with van der Waals surface area (Å²) in [4.78, 5) is 15.0. The highest BCUT2D eigenvalue weighted by Gasteiger charge is 2.17. The summed E-state index contributed by atoms with van der Waals surface area (Å²) >= 11 is 0. The van der Waals surface area contributed by atoms with Crippen molar-refractivity contribution < 1.29 is 15.0 Å². The van der Waals surface area contributed by atoms with E-state index in [2.05, 4.69) is 4.98 Å². The molecule has 0 bridgehead atoms. The van der Waals surface area contributed by atoms with Crippen molar-refractivity contribution in [3.05, 3.63) is 29.8 Å². The molecular weight excluding hydrogens is 210 g/mol. The zero-order valence-corrected chi connectivity index (χ0v) is 8.42. The number of carboxylic acid groups (broad SMARTS) is 1. The minimum Gasteiger partial charge on any atom is -0.476 e. The number of hydrogen-bond donors (Lipinski definition) is 3. The van der Waals surface area contributed by atoms with Gasteiger partial charge in [0.05, 0.1) is 12.3 Å². The predicted molar refractivity (Wildman–Crippen MR) is 57.4 cm³/mol. The van der Waals surface area contributed by atoms with Crippen molar-refractivity contribution in [3.63, 3.8) is 0 Å². The molecule has 0 aromatic carbocycles. The van der Waals surface area contributed by atoms with Gasteiger partial charge in [0.15, 0.2) is 5.69 Å². The fourth-order valence-electron chi connectivity index (χ4n) is 1.65. The Morgan fingerprint density at radius 2 is 2.31 bits per heavy atom. The molecule has 84 valence electrons. The van der Waals surface area contributed by atoms with E-state index in [0.717, 1.165) is 0 Å². The molecule has 2 heterocycles. The van der Waals surface area contributed by atoms with Crippen molar-refractivity contribution in [1.82, 2.24) is 9.38 Å². The second-order valence-corrected chi connectivity index (χ2v) is 3.34. The Bertz CT molecular complexity index is 547. The Balaban J connectivity index is 2.76. The van der Waals surface area contributed by atoms with E-state index in [1.165, 1.54) is 0 Å². The summed E-state index contributed by atoms with van der Waals surface area (Å²) in [6.45, 7) is -0.0903. The minimum atomic E-state index is -1.13. The Hall–Kier alpha value is -2.08. The standard InChI is InChI=1S/C10H11N3O3/c11-6-2-1-4-13-7(3-5-14)12-8(9(6)13)10(15)16/h1-2,4,14H,3,5,11H2,(H,15,16). The van der Waals surface area contributed by atoms with Gasteiger partial charge in [-0.25, -0.2) is 9.78 Å². The number of rotatable bonds is 3. The van der Waals surface area contributed by atoms with Gasteiger partial charge in [-0.2, -0.15) is 0 Å². The number of carboxylic acids is 1. The molecule has 0 aliphatic carbocycles. The lowest BCUT2D eigenvalue weighted by atomic mass is 10.3. The lowest BCUT2D eigenvalue weighted by Gasteiger charge is -2.00. The SMILES string of the molecule is Nc1cccn2c(CCO)nc(C(=O)O)c12. The van der Waals surface area contributed by atoms with Crippen LogP contribution in [0.25, 0.3) is 5.52 Å². The zero-order valence-electron chi connectivity index (χ0n) is 8.42. The van der Waals surface area contributed by atoms with Crippen molar-refractivity contribution in [2.45, 2.75) is 6.42 Å². The van der Waals surface area contributed by atoms with Crippen LogP contribution in [0.2, 0.25) is 0 Å². The number of aliphatic hydroxyl groups excluding tert-OH is 1. The molecule has 0 unspecified atom stereocenters. The van der Waals surface area contributed by atoms with E-state index in [-0.39, 0.29) is 18.7 Å². The van der Waals surface area contributed by atoms with Crippen molar-refractivity contribution in [1.29, 1.82) is 0 Å². The summed E-state index contributed by atoms with van der Waals surface area (Å²) in [5.74, 6) is -0.637. The first-order valence-electron chi connectivity index (χ1n) is 4.74. The third-order valence-electron chi connectivity index (χ3n) is 2.31. The Kier molecular flexibility index (Phi) is 2.49. The van der Waals surface area contributed by atoms with Crippen molar-refractivity contribution >= 4 is 17.2 Å². The maximum Gasteiger partial charge on any atom is 0.356 e. The smallest absolute Gasteiger partial charge is 0.356 e. The van der Waals surface area contributed by atoms with Gasteiger partial charge in [-0.3, -0.25) is 0 Å². The number of pyridine rings is 1. The summed E-state index contributed by atoms with van der Waals surface area (Å²) < 4.78 is 1.59. The quantitative estimate of drug-likeness (QED) is 0.684. The van der Waals surface area contributed by atoms with Crippen molar-refractivity contribution in [2.24, 2.45) is 0 Å². The van der Waals surface area contributed by atoms with Crippen LogP contribution in [0.1, 0.15) is 16.3 Å². The van der Waals surface area contributed by atoms with E-state index >= 15 is 0 Å². The van der Waals surface area contributed by atoms with E-state index in [9.17, 15) is 4.79 Å². The lowest BCUT2D eigenvalue weighted by molar-refractivity contribution is 0.0693. The predicted octanol–water partition coefficient (Wildman–Crippen LogP) is 0.149. The van der Waals surface area contributed by atoms with Crippen molar-refractivity contribution in [3.8, 4) is 0 Å². The van der Waals surface area contributed by atoms with Crippen LogP contribution in [0.3, 0.4) is 0 Å². The minimum absolute atomic E-state index is 0.0819. The molecule has 2 aromatic rings. The van der Waals surface area contributed by atoms with Gasteiger partial charge in [0.25, 0.3) is 0 Å². The number of nitrogen functional groups attached to an aromatic ring is 1. The second-order valence-electron chi connectivity index (χ2n) is 3.34. The molecule has 0 saturated carbocycles. The topological polar surface area (TPSA) is 101 Å². The molecule has 16 heavy (non-hydrogen) atoms. The number of hydrogen-bond acceptors (Lipinski definition) is 4. The van der Waals surface area contributed by atoms with Gasteiger partial charge < -0.3 is 20.3 Å². The molecule has 0 atom stereocenters. The second kappa shape index (κ2) is 3.82. The number of nitrogens with zero attached hydrogens (tertiary/aromatic N) is 2. The molecule has 0 saturated heterocycles. The summed E-state index contributed by atoms with van der Waals surface area (Å²) in [5, 5.41) is 17.9. The summed E-state index contributed by atoms with van der Waals surface area (Å²) in [6.07, 6.45) is 1.97. The number of nitrogens with two attached hydrogens (primary N) is 1. The number of aromatic carboxylic acids is 1. The third-order valence-corrected chi connectivity index (χ3v) is 2.31. The van der Waals surface area contributed by atoms with Crippen LogP contribution in [-0.4, -0.2) is 32.2 Å². The molecular formula is C10H11N3O3. The molecule has 0 aliphatic rings. The van der Waals surface area contributed by atoms with E-state index in [4.69, 9.17) is 15.9 Å². The Morgan fingerprint density at radius 3 is 2.94 bits per heavy atom. The molecule has 2 aromatic heterocycles. The summed E-state index contributed by atoms with van der Waals surface area (Å²) in [5.41, 5.74) is 6.37. The molecule has 0 aliphatic heterocycles. The molecule has 6 nitrogen and oxygen atoms in total. The van der Waals surface area contributed by atoms with Crippen LogP contribution in [-0.2, 0) is 6.42 Å². The number of fused-ring (bicyclic) bond motifs is 1. The van der Waals surface area contributed by atoms with Crippen LogP contribution in [0, 0.1) is 0 Å².